The minimum atomic E-state index is -0.544. The van der Waals surface area contributed by atoms with Crippen molar-refractivity contribution in [2.75, 3.05) is 20.8 Å². The minimum absolute atomic E-state index is 0.238. The van der Waals surface area contributed by atoms with Gasteiger partial charge in [0.2, 0.25) is 0 Å². The van der Waals surface area contributed by atoms with Crippen LogP contribution < -0.4 is 24.4 Å². The summed E-state index contributed by atoms with van der Waals surface area (Å²) in [5.41, 5.74) is 3.89. The van der Waals surface area contributed by atoms with E-state index in [1.165, 1.54) is 6.21 Å². The molecule has 0 fully saturated rings. The van der Waals surface area contributed by atoms with Crippen molar-refractivity contribution in [2.24, 2.45) is 5.10 Å². The Balaban J connectivity index is 1.74. The van der Waals surface area contributed by atoms with E-state index in [0.717, 1.165) is 0 Å². The zero-order valence-corrected chi connectivity index (χ0v) is 20.4. The number of hydrazone groups is 1. The van der Waals surface area contributed by atoms with Crippen LogP contribution in [0.1, 0.15) is 33.2 Å². The number of methoxy groups -OCH3 is 2. The predicted octanol–water partition coefficient (Wildman–Crippen LogP) is 4.85. The van der Waals surface area contributed by atoms with Gasteiger partial charge in [-0.3, -0.25) is 4.79 Å². The van der Waals surface area contributed by atoms with E-state index in [9.17, 15) is 9.59 Å². The van der Waals surface area contributed by atoms with Crippen molar-refractivity contribution in [1.29, 1.82) is 0 Å². The molecule has 3 aromatic carbocycles. The first-order valence-corrected chi connectivity index (χ1v) is 11.0. The van der Waals surface area contributed by atoms with E-state index >= 15 is 0 Å². The quantitative estimate of drug-likeness (QED) is 0.185. The molecule has 3 rings (SSSR count). The Morgan fingerprint density at radius 1 is 0.941 bits per heavy atom. The summed E-state index contributed by atoms with van der Waals surface area (Å²) in [5.74, 6) is 0.964. The molecule has 0 aliphatic heterocycles. The lowest BCUT2D eigenvalue weighted by Gasteiger charge is -2.13. The maximum Gasteiger partial charge on any atom is 0.343 e. The SMILES string of the molecule is CCOc1cc(/C=N\NC(=O)c2ccc(OC)cc2)cc(Br)c1OC(=O)c1ccc(OC)cc1. The Hall–Kier alpha value is -3.85. The number of ether oxygens (including phenoxy) is 4. The Morgan fingerprint density at radius 3 is 2.09 bits per heavy atom. The van der Waals surface area contributed by atoms with E-state index < -0.39 is 5.97 Å². The summed E-state index contributed by atoms with van der Waals surface area (Å²) in [5, 5.41) is 4.01. The van der Waals surface area contributed by atoms with Gasteiger partial charge < -0.3 is 18.9 Å². The van der Waals surface area contributed by atoms with E-state index in [1.807, 2.05) is 6.92 Å². The number of nitrogens with zero attached hydrogens (tertiary/aromatic N) is 1. The van der Waals surface area contributed by atoms with Crippen LogP contribution in [-0.4, -0.2) is 38.9 Å². The summed E-state index contributed by atoms with van der Waals surface area (Å²) in [6.45, 7) is 2.17. The summed E-state index contributed by atoms with van der Waals surface area (Å²) in [4.78, 5) is 24.9. The van der Waals surface area contributed by atoms with Gasteiger partial charge in [0.15, 0.2) is 11.5 Å². The van der Waals surface area contributed by atoms with E-state index in [0.29, 0.717) is 45.0 Å². The van der Waals surface area contributed by atoms with Crippen molar-refractivity contribution >= 4 is 34.0 Å². The van der Waals surface area contributed by atoms with Crippen LogP contribution in [0.3, 0.4) is 0 Å². The fourth-order valence-electron chi connectivity index (χ4n) is 2.88. The van der Waals surface area contributed by atoms with Crippen LogP contribution in [0.4, 0.5) is 0 Å². The second-order valence-electron chi connectivity index (χ2n) is 6.81. The number of nitrogens with one attached hydrogen (secondary N) is 1. The number of benzene rings is 3. The smallest absolute Gasteiger partial charge is 0.343 e. The molecule has 176 valence electrons. The van der Waals surface area contributed by atoms with E-state index in [4.69, 9.17) is 18.9 Å². The van der Waals surface area contributed by atoms with Crippen molar-refractivity contribution in [3.8, 4) is 23.0 Å². The molecule has 0 saturated heterocycles. The van der Waals surface area contributed by atoms with Crippen molar-refractivity contribution in [3.05, 3.63) is 81.8 Å². The van der Waals surface area contributed by atoms with Gasteiger partial charge in [0.05, 0.1) is 37.1 Å². The van der Waals surface area contributed by atoms with E-state index in [2.05, 4.69) is 26.5 Å². The molecule has 0 saturated carbocycles. The second kappa shape index (κ2) is 11.9. The molecule has 0 spiro atoms. The molecule has 0 atom stereocenters. The zero-order chi connectivity index (χ0) is 24.5. The molecular formula is C25H23BrN2O6. The van der Waals surface area contributed by atoms with Crippen LogP contribution in [-0.2, 0) is 0 Å². The van der Waals surface area contributed by atoms with Crippen LogP contribution >= 0.6 is 15.9 Å². The predicted molar refractivity (Wildman–Crippen MR) is 131 cm³/mol. The highest BCUT2D eigenvalue weighted by atomic mass is 79.9. The maximum absolute atomic E-state index is 12.6. The zero-order valence-electron chi connectivity index (χ0n) is 18.8. The molecule has 1 N–H and O–H groups in total. The van der Waals surface area contributed by atoms with Crippen LogP contribution in [0.2, 0.25) is 0 Å². The molecule has 0 bridgehead atoms. The number of esters is 1. The molecule has 1 amide bonds. The van der Waals surface area contributed by atoms with E-state index in [-0.39, 0.29) is 11.7 Å². The average Bonchev–Trinajstić information content (AvgIpc) is 2.86. The second-order valence-corrected chi connectivity index (χ2v) is 7.66. The van der Waals surface area contributed by atoms with Crippen LogP contribution in [0.15, 0.2) is 70.2 Å². The van der Waals surface area contributed by atoms with Gasteiger partial charge in [-0.1, -0.05) is 0 Å². The van der Waals surface area contributed by atoms with Gasteiger partial charge in [0, 0.05) is 5.56 Å². The highest BCUT2D eigenvalue weighted by molar-refractivity contribution is 9.10. The first-order chi connectivity index (χ1) is 16.4. The minimum Gasteiger partial charge on any atom is -0.497 e. The summed E-state index contributed by atoms with van der Waals surface area (Å²) >= 11 is 3.42. The number of carbonyl (C=O) groups is 2. The first kappa shape index (κ1) is 24.8. The van der Waals surface area contributed by atoms with Gasteiger partial charge in [-0.05, 0) is 89.1 Å². The molecule has 3 aromatic rings. The van der Waals surface area contributed by atoms with Crippen molar-refractivity contribution in [3.63, 3.8) is 0 Å². The number of halogens is 1. The fourth-order valence-corrected chi connectivity index (χ4v) is 3.42. The number of hydrogen-bond acceptors (Lipinski definition) is 7. The topological polar surface area (TPSA) is 95.5 Å². The number of carbonyl (C=O) groups excluding carboxylic acids is 2. The van der Waals surface area contributed by atoms with Gasteiger partial charge in [-0.2, -0.15) is 5.10 Å². The van der Waals surface area contributed by atoms with Gasteiger partial charge in [-0.15, -0.1) is 0 Å². The van der Waals surface area contributed by atoms with E-state index in [1.54, 1.807) is 74.9 Å². The van der Waals surface area contributed by atoms with Crippen LogP contribution in [0.5, 0.6) is 23.0 Å². The normalized spacial score (nSPS) is 10.6. The number of amides is 1. The molecule has 34 heavy (non-hydrogen) atoms. The fraction of sp³-hybridized carbons (Fsp3) is 0.160. The number of hydrogen-bond donors (Lipinski definition) is 1. The third kappa shape index (κ3) is 6.35. The van der Waals surface area contributed by atoms with Gasteiger partial charge in [0.25, 0.3) is 5.91 Å². The van der Waals surface area contributed by atoms with Crippen molar-refractivity contribution < 1.29 is 28.5 Å². The lowest BCUT2D eigenvalue weighted by Crippen LogP contribution is -2.17. The van der Waals surface area contributed by atoms with Gasteiger partial charge >= 0.3 is 5.97 Å². The summed E-state index contributed by atoms with van der Waals surface area (Å²) in [7, 11) is 3.10. The van der Waals surface area contributed by atoms with Gasteiger partial charge in [-0.25, -0.2) is 10.2 Å². The van der Waals surface area contributed by atoms with Crippen LogP contribution in [0, 0.1) is 0 Å². The lowest BCUT2D eigenvalue weighted by molar-refractivity contribution is 0.0726. The molecule has 9 heteroatoms. The summed E-state index contributed by atoms with van der Waals surface area (Å²) in [6, 6.07) is 16.6. The molecule has 0 radical (unpaired) electrons. The summed E-state index contributed by atoms with van der Waals surface area (Å²) < 4.78 is 21.9. The molecule has 0 heterocycles. The summed E-state index contributed by atoms with van der Waals surface area (Å²) in [6.07, 6.45) is 1.46. The van der Waals surface area contributed by atoms with Gasteiger partial charge in [0.1, 0.15) is 11.5 Å². The lowest BCUT2D eigenvalue weighted by atomic mass is 10.2. The highest BCUT2D eigenvalue weighted by Crippen LogP contribution is 2.37. The average molecular weight is 527 g/mol. The molecule has 0 aliphatic rings. The van der Waals surface area contributed by atoms with Crippen molar-refractivity contribution in [2.45, 2.75) is 6.92 Å². The standard InChI is InChI=1S/C25H23BrN2O6/c1-4-33-22-14-16(15-27-28-24(29)17-5-9-19(31-2)10-6-17)13-21(26)23(22)34-25(30)18-7-11-20(32-3)12-8-18/h5-15H,4H2,1-3H3,(H,28,29)/b27-15-. The molecular weight excluding hydrogens is 504 g/mol. The van der Waals surface area contributed by atoms with Crippen LogP contribution in [0.25, 0.3) is 0 Å². The Labute approximate surface area is 205 Å². The third-order valence-electron chi connectivity index (χ3n) is 4.58. The Morgan fingerprint density at radius 2 is 1.53 bits per heavy atom. The Kier molecular flexibility index (Phi) is 8.64. The molecule has 8 nitrogen and oxygen atoms in total. The molecule has 0 aromatic heterocycles. The molecule has 0 aliphatic carbocycles. The maximum atomic E-state index is 12.6. The first-order valence-electron chi connectivity index (χ1n) is 10.2. The van der Waals surface area contributed by atoms with Crippen molar-refractivity contribution in [1.82, 2.24) is 5.43 Å². The monoisotopic (exact) mass is 526 g/mol. The number of rotatable bonds is 9. The molecule has 0 unspecified atom stereocenters. The Bertz CT molecular complexity index is 1180. The largest absolute Gasteiger partial charge is 0.497 e. The third-order valence-corrected chi connectivity index (χ3v) is 5.17. The highest BCUT2D eigenvalue weighted by Gasteiger charge is 2.17.